The predicted octanol–water partition coefficient (Wildman–Crippen LogP) is 0.452. The molecule has 0 aromatic heterocycles. The van der Waals surface area contributed by atoms with Crippen LogP contribution in [0, 0.1) is 0 Å². The Labute approximate surface area is 58.8 Å². The van der Waals surface area contributed by atoms with Gasteiger partial charge in [0.25, 0.3) is 0 Å². The molecule has 0 heterocycles. The van der Waals surface area contributed by atoms with Crippen molar-refractivity contribution in [2.24, 2.45) is 10.9 Å². The standard InChI is InChI=1S/C5H10N2O3/c1-3-9-5(8)10-7-4(2)6/h3H2,1-2H3,(H2,6,7). The van der Waals surface area contributed by atoms with Gasteiger partial charge in [0.2, 0.25) is 0 Å². The van der Waals surface area contributed by atoms with Crippen molar-refractivity contribution < 1.29 is 14.4 Å². The second-order valence-corrected chi connectivity index (χ2v) is 1.51. The van der Waals surface area contributed by atoms with Gasteiger partial charge < -0.3 is 10.5 Å². The molecule has 0 saturated heterocycles. The molecule has 0 saturated carbocycles. The van der Waals surface area contributed by atoms with Crippen molar-refractivity contribution >= 4 is 12.0 Å². The van der Waals surface area contributed by atoms with Gasteiger partial charge >= 0.3 is 6.16 Å². The maximum absolute atomic E-state index is 10.3. The van der Waals surface area contributed by atoms with Gasteiger partial charge in [-0.3, -0.25) is 4.84 Å². The van der Waals surface area contributed by atoms with Crippen molar-refractivity contribution in [2.45, 2.75) is 13.8 Å². The highest BCUT2D eigenvalue weighted by Gasteiger charge is 1.99. The van der Waals surface area contributed by atoms with Crippen molar-refractivity contribution in [1.82, 2.24) is 0 Å². The molecule has 0 atom stereocenters. The van der Waals surface area contributed by atoms with E-state index in [-0.39, 0.29) is 12.4 Å². The first kappa shape index (κ1) is 8.74. The minimum atomic E-state index is -0.840. The topological polar surface area (TPSA) is 73.9 Å². The van der Waals surface area contributed by atoms with Gasteiger partial charge in [0.05, 0.1) is 6.61 Å². The number of hydrogen-bond donors (Lipinski definition) is 1. The molecule has 0 aliphatic carbocycles. The molecule has 0 bridgehead atoms. The summed E-state index contributed by atoms with van der Waals surface area (Å²) in [6.45, 7) is 3.43. The quantitative estimate of drug-likeness (QED) is 0.202. The lowest BCUT2D eigenvalue weighted by molar-refractivity contribution is 0.0611. The molecule has 0 radical (unpaired) electrons. The maximum Gasteiger partial charge on any atom is 0.535 e. The molecule has 2 N–H and O–H groups in total. The van der Waals surface area contributed by atoms with Gasteiger partial charge in [0.15, 0.2) is 0 Å². The lowest BCUT2D eigenvalue weighted by Crippen LogP contribution is -2.09. The van der Waals surface area contributed by atoms with Crippen LogP contribution in [0.2, 0.25) is 0 Å². The Morgan fingerprint density at radius 2 is 2.30 bits per heavy atom. The predicted molar refractivity (Wildman–Crippen MR) is 35.4 cm³/mol. The lowest BCUT2D eigenvalue weighted by atomic mass is 10.7. The number of oxime groups is 1. The number of hydrogen-bond acceptors (Lipinski definition) is 4. The first-order chi connectivity index (χ1) is 4.66. The van der Waals surface area contributed by atoms with Gasteiger partial charge in [-0.1, -0.05) is 5.16 Å². The Morgan fingerprint density at radius 1 is 1.70 bits per heavy atom. The number of carbonyl (C=O) groups is 1. The summed E-state index contributed by atoms with van der Waals surface area (Å²) in [5.74, 6) is 0.174. The maximum atomic E-state index is 10.3. The number of amidine groups is 1. The highest BCUT2D eigenvalue weighted by atomic mass is 16.8. The minimum absolute atomic E-state index is 0.174. The summed E-state index contributed by atoms with van der Waals surface area (Å²) in [7, 11) is 0. The Hall–Kier alpha value is -1.26. The molecular formula is C5H10N2O3. The highest BCUT2D eigenvalue weighted by molar-refractivity contribution is 5.77. The van der Waals surface area contributed by atoms with Crippen LogP contribution in [0.3, 0.4) is 0 Å². The van der Waals surface area contributed by atoms with Crippen LogP contribution in [0.25, 0.3) is 0 Å². The van der Waals surface area contributed by atoms with Crippen LogP contribution < -0.4 is 5.73 Å². The fraction of sp³-hybridized carbons (Fsp3) is 0.600. The molecule has 0 rings (SSSR count). The van der Waals surface area contributed by atoms with Gasteiger partial charge in [0.1, 0.15) is 5.84 Å². The van der Waals surface area contributed by atoms with E-state index in [0.717, 1.165) is 0 Å². The van der Waals surface area contributed by atoms with E-state index in [4.69, 9.17) is 5.73 Å². The summed E-state index contributed by atoms with van der Waals surface area (Å²) < 4.78 is 4.37. The van der Waals surface area contributed by atoms with Gasteiger partial charge in [-0.2, -0.15) is 0 Å². The van der Waals surface area contributed by atoms with E-state index < -0.39 is 6.16 Å². The van der Waals surface area contributed by atoms with Gasteiger partial charge in [-0.25, -0.2) is 4.79 Å². The lowest BCUT2D eigenvalue weighted by Gasteiger charge is -1.96. The molecule has 5 heteroatoms. The van der Waals surface area contributed by atoms with E-state index in [1.54, 1.807) is 6.92 Å². The van der Waals surface area contributed by atoms with Crippen LogP contribution in [0.15, 0.2) is 5.16 Å². The molecule has 5 nitrogen and oxygen atoms in total. The van der Waals surface area contributed by atoms with Crippen molar-refractivity contribution in [1.29, 1.82) is 0 Å². The summed E-state index contributed by atoms with van der Waals surface area (Å²) in [4.78, 5) is 14.5. The van der Waals surface area contributed by atoms with E-state index in [0.29, 0.717) is 0 Å². The van der Waals surface area contributed by atoms with Crippen molar-refractivity contribution in [2.75, 3.05) is 6.61 Å². The third-order valence-corrected chi connectivity index (χ3v) is 0.526. The molecule has 0 amide bonds. The second-order valence-electron chi connectivity index (χ2n) is 1.51. The van der Waals surface area contributed by atoms with Crippen LogP contribution in [0.1, 0.15) is 13.8 Å². The monoisotopic (exact) mass is 146 g/mol. The van der Waals surface area contributed by atoms with Crippen LogP contribution in [0.5, 0.6) is 0 Å². The molecule has 0 spiro atoms. The molecule has 10 heavy (non-hydrogen) atoms. The van der Waals surface area contributed by atoms with Gasteiger partial charge in [0, 0.05) is 0 Å². The first-order valence-electron chi connectivity index (χ1n) is 2.80. The molecule has 0 unspecified atom stereocenters. The fourth-order valence-electron chi connectivity index (χ4n) is 0.253. The SMILES string of the molecule is CCOC(=O)ON=C(C)N. The first-order valence-corrected chi connectivity index (χ1v) is 2.80. The number of nitrogens with zero attached hydrogens (tertiary/aromatic N) is 1. The van der Waals surface area contributed by atoms with Crippen molar-refractivity contribution in [3.63, 3.8) is 0 Å². The normalized spacial score (nSPS) is 10.8. The zero-order valence-electron chi connectivity index (χ0n) is 5.96. The number of rotatable bonds is 2. The summed E-state index contributed by atoms with van der Waals surface area (Å²) in [6, 6.07) is 0. The Bertz CT molecular complexity index is 140. The highest BCUT2D eigenvalue weighted by Crippen LogP contribution is 1.84. The van der Waals surface area contributed by atoms with E-state index in [1.807, 2.05) is 0 Å². The summed E-state index contributed by atoms with van der Waals surface area (Å²) >= 11 is 0. The Morgan fingerprint density at radius 3 is 2.70 bits per heavy atom. The van der Waals surface area contributed by atoms with Crippen LogP contribution in [0.4, 0.5) is 4.79 Å². The molecule has 0 fully saturated rings. The van der Waals surface area contributed by atoms with Crippen molar-refractivity contribution in [3.8, 4) is 0 Å². The van der Waals surface area contributed by atoms with Crippen molar-refractivity contribution in [3.05, 3.63) is 0 Å². The van der Waals surface area contributed by atoms with Gasteiger partial charge in [-0.15, -0.1) is 0 Å². The number of ether oxygens (including phenoxy) is 1. The number of carbonyl (C=O) groups excluding carboxylic acids is 1. The Kier molecular flexibility index (Phi) is 4.02. The van der Waals surface area contributed by atoms with Crippen LogP contribution in [-0.4, -0.2) is 18.6 Å². The van der Waals surface area contributed by atoms with E-state index in [2.05, 4.69) is 14.7 Å². The van der Waals surface area contributed by atoms with E-state index in [9.17, 15) is 4.79 Å². The summed E-state index contributed by atoms with van der Waals surface area (Å²) in [5.41, 5.74) is 5.05. The Balaban J connectivity index is 3.49. The average Bonchev–Trinajstić information content (AvgIpc) is 1.85. The molecule has 0 aromatic carbocycles. The average molecular weight is 146 g/mol. The smallest absolute Gasteiger partial charge is 0.433 e. The third kappa shape index (κ3) is 4.89. The number of nitrogens with two attached hydrogens (primary N) is 1. The third-order valence-electron chi connectivity index (χ3n) is 0.526. The van der Waals surface area contributed by atoms with E-state index >= 15 is 0 Å². The molecular weight excluding hydrogens is 136 g/mol. The zero-order chi connectivity index (χ0) is 7.98. The molecule has 0 aromatic rings. The molecule has 58 valence electrons. The largest absolute Gasteiger partial charge is 0.535 e. The molecule has 0 aliphatic rings. The van der Waals surface area contributed by atoms with E-state index in [1.165, 1.54) is 6.92 Å². The van der Waals surface area contributed by atoms with Crippen LogP contribution >= 0.6 is 0 Å². The second kappa shape index (κ2) is 4.60. The summed E-state index contributed by atoms with van der Waals surface area (Å²) in [5, 5.41) is 3.16. The fourth-order valence-corrected chi connectivity index (χ4v) is 0.253. The van der Waals surface area contributed by atoms with Gasteiger partial charge in [-0.05, 0) is 13.8 Å². The zero-order valence-corrected chi connectivity index (χ0v) is 5.96. The van der Waals surface area contributed by atoms with Crippen LogP contribution in [-0.2, 0) is 9.57 Å². The molecule has 0 aliphatic heterocycles. The minimum Gasteiger partial charge on any atom is -0.433 e. The summed E-state index contributed by atoms with van der Waals surface area (Å²) in [6.07, 6.45) is -0.840.